The van der Waals surface area contributed by atoms with Crippen molar-refractivity contribution in [1.82, 2.24) is 14.9 Å². The number of likely N-dealkylation sites (N-methyl/N-ethyl adjacent to an activating group) is 1. The molecule has 5 rings (SSSR count). The van der Waals surface area contributed by atoms with E-state index >= 15 is 0 Å². The van der Waals surface area contributed by atoms with Crippen LogP contribution in [0.15, 0.2) is 55.4 Å². The standard InChI is InChI=1S/C30H35Cl2N7O3/c1-4-29(40)36-23-16-24(26(41-3)17-25(23)38-12-10-37(5-2)11-13-38)35-27-18-28(34-19-33-27)39-21(9-14-42-39)15-20-7-6-8-22(31)30(20)32/h4,6-8,16-19,21H,1,5,9-15H2,2-3H3,(H,36,40)(H,33,34,35)/t21-/m1/s1. The summed E-state index contributed by atoms with van der Waals surface area (Å²) < 4.78 is 5.78. The van der Waals surface area contributed by atoms with Crippen LogP contribution in [-0.4, -0.2) is 73.3 Å². The number of anilines is 5. The zero-order chi connectivity index (χ0) is 29.6. The fraction of sp³-hybridized carbons (Fsp3) is 0.367. The topological polar surface area (TPSA) is 95.1 Å². The third-order valence-corrected chi connectivity index (χ3v) is 8.42. The number of ether oxygens (including phenoxy) is 1. The van der Waals surface area contributed by atoms with E-state index in [4.69, 9.17) is 32.8 Å². The van der Waals surface area contributed by atoms with Crippen LogP contribution in [0.3, 0.4) is 0 Å². The van der Waals surface area contributed by atoms with E-state index < -0.39 is 0 Å². The fourth-order valence-electron chi connectivity index (χ4n) is 5.27. The number of carbonyl (C=O) groups is 1. The van der Waals surface area contributed by atoms with E-state index in [2.05, 4.69) is 43.9 Å². The largest absolute Gasteiger partial charge is 0.494 e. The maximum absolute atomic E-state index is 12.4. The Morgan fingerprint density at radius 1 is 1.17 bits per heavy atom. The predicted octanol–water partition coefficient (Wildman–Crippen LogP) is 5.56. The van der Waals surface area contributed by atoms with Gasteiger partial charge in [-0.1, -0.05) is 48.8 Å². The molecule has 42 heavy (non-hydrogen) atoms. The highest BCUT2D eigenvalue weighted by molar-refractivity contribution is 6.42. The number of hydroxylamine groups is 1. The van der Waals surface area contributed by atoms with Crippen molar-refractivity contribution in [3.8, 4) is 5.75 Å². The van der Waals surface area contributed by atoms with Gasteiger partial charge in [-0.3, -0.25) is 9.63 Å². The Bertz CT molecular complexity index is 1430. The monoisotopic (exact) mass is 611 g/mol. The summed E-state index contributed by atoms with van der Waals surface area (Å²) in [4.78, 5) is 31.9. The molecule has 222 valence electrons. The molecule has 3 aromatic rings. The Morgan fingerprint density at radius 2 is 1.98 bits per heavy atom. The summed E-state index contributed by atoms with van der Waals surface area (Å²) in [7, 11) is 1.62. The number of amides is 1. The van der Waals surface area contributed by atoms with Crippen molar-refractivity contribution in [2.24, 2.45) is 0 Å². The molecule has 2 fully saturated rings. The molecule has 0 unspecified atom stereocenters. The van der Waals surface area contributed by atoms with Crippen LogP contribution < -0.4 is 25.3 Å². The van der Waals surface area contributed by atoms with E-state index in [0.717, 1.165) is 50.4 Å². The normalized spacial score (nSPS) is 17.3. The number of rotatable bonds is 10. The molecule has 1 aromatic heterocycles. The highest BCUT2D eigenvalue weighted by Crippen LogP contribution is 2.39. The molecule has 0 bridgehead atoms. The van der Waals surface area contributed by atoms with Crippen LogP contribution in [-0.2, 0) is 16.1 Å². The number of nitrogens with one attached hydrogen (secondary N) is 2. The van der Waals surface area contributed by atoms with Crippen LogP contribution in [0.1, 0.15) is 18.9 Å². The van der Waals surface area contributed by atoms with Crippen LogP contribution in [0.5, 0.6) is 5.75 Å². The van der Waals surface area contributed by atoms with Gasteiger partial charge in [0.1, 0.15) is 17.9 Å². The van der Waals surface area contributed by atoms with Crippen LogP contribution in [0.2, 0.25) is 10.0 Å². The van der Waals surface area contributed by atoms with Crippen molar-refractivity contribution in [2.75, 3.05) is 67.0 Å². The summed E-state index contributed by atoms with van der Waals surface area (Å²) >= 11 is 12.7. The van der Waals surface area contributed by atoms with Gasteiger partial charge in [0.25, 0.3) is 0 Å². The van der Waals surface area contributed by atoms with Crippen molar-refractivity contribution in [2.45, 2.75) is 25.8 Å². The Labute approximate surface area is 256 Å². The van der Waals surface area contributed by atoms with Crippen molar-refractivity contribution in [3.63, 3.8) is 0 Å². The Morgan fingerprint density at radius 3 is 2.71 bits per heavy atom. The number of halogens is 2. The molecular formula is C30H35Cl2N7O3. The van der Waals surface area contributed by atoms with Crippen LogP contribution >= 0.6 is 23.2 Å². The first kappa shape index (κ1) is 29.9. The molecule has 0 saturated carbocycles. The molecule has 1 amide bonds. The highest BCUT2D eigenvalue weighted by Gasteiger charge is 2.29. The molecule has 0 aliphatic carbocycles. The molecule has 1 atom stereocenters. The van der Waals surface area contributed by atoms with Gasteiger partial charge in [0, 0.05) is 38.3 Å². The lowest BCUT2D eigenvalue weighted by molar-refractivity contribution is -0.111. The highest BCUT2D eigenvalue weighted by atomic mass is 35.5. The summed E-state index contributed by atoms with van der Waals surface area (Å²) in [5.41, 5.74) is 3.14. The van der Waals surface area contributed by atoms with Gasteiger partial charge in [0.2, 0.25) is 5.91 Å². The molecular weight excluding hydrogens is 577 g/mol. The van der Waals surface area contributed by atoms with Crippen molar-refractivity contribution < 1.29 is 14.4 Å². The Kier molecular flexibility index (Phi) is 9.69. The van der Waals surface area contributed by atoms with Gasteiger partial charge in [-0.25, -0.2) is 15.0 Å². The third-order valence-electron chi connectivity index (χ3n) is 7.56. The maximum atomic E-state index is 12.4. The average molecular weight is 613 g/mol. The number of aromatic nitrogens is 2. The Hall–Kier alpha value is -3.57. The fourth-order valence-corrected chi connectivity index (χ4v) is 5.67. The zero-order valence-corrected chi connectivity index (χ0v) is 25.3. The number of piperazine rings is 1. The molecule has 2 N–H and O–H groups in total. The number of hydrogen-bond acceptors (Lipinski definition) is 9. The molecule has 2 aromatic carbocycles. The SMILES string of the molecule is C=CC(=O)Nc1cc(Nc2cc(N3OCC[C@@H]3Cc3cccc(Cl)c3Cl)ncn2)c(OC)cc1N1CCN(CC)CC1. The molecule has 0 radical (unpaired) electrons. The van der Waals surface area contributed by atoms with Crippen LogP contribution in [0.25, 0.3) is 0 Å². The average Bonchev–Trinajstić information content (AvgIpc) is 3.48. The van der Waals surface area contributed by atoms with Gasteiger partial charge in [-0.15, -0.1) is 0 Å². The molecule has 2 aliphatic rings. The first-order valence-electron chi connectivity index (χ1n) is 14.0. The lowest BCUT2D eigenvalue weighted by atomic mass is 10.0. The van der Waals surface area contributed by atoms with Crippen LogP contribution in [0, 0.1) is 0 Å². The number of hydrogen-bond donors (Lipinski definition) is 2. The summed E-state index contributed by atoms with van der Waals surface area (Å²) in [6.45, 7) is 10.9. The number of nitrogens with zero attached hydrogens (tertiary/aromatic N) is 5. The summed E-state index contributed by atoms with van der Waals surface area (Å²) in [5, 5.41) is 9.19. The number of benzene rings is 2. The van der Waals surface area contributed by atoms with E-state index in [1.807, 2.05) is 30.3 Å². The zero-order valence-electron chi connectivity index (χ0n) is 23.8. The lowest BCUT2D eigenvalue weighted by Gasteiger charge is -2.36. The molecule has 0 spiro atoms. The van der Waals surface area contributed by atoms with Gasteiger partial charge < -0.3 is 25.2 Å². The van der Waals surface area contributed by atoms with E-state index in [-0.39, 0.29) is 11.9 Å². The smallest absolute Gasteiger partial charge is 0.247 e. The maximum Gasteiger partial charge on any atom is 0.247 e. The first-order chi connectivity index (χ1) is 20.4. The molecule has 10 nitrogen and oxygen atoms in total. The minimum Gasteiger partial charge on any atom is -0.494 e. The van der Waals surface area contributed by atoms with E-state index in [0.29, 0.717) is 51.8 Å². The predicted molar refractivity (Wildman–Crippen MR) is 168 cm³/mol. The molecule has 2 saturated heterocycles. The minimum absolute atomic E-state index is 0.0198. The van der Waals surface area contributed by atoms with Crippen molar-refractivity contribution in [1.29, 1.82) is 0 Å². The van der Waals surface area contributed by atoms with E-state index in [1.54, 1.807) is 18.2 Å². The summed E-state index contributed by atoms with van der Waals surface area (Å²) in [5.74, 6) is 1.47. The molecule has 3 heterocycles. The summed E-state index contributed by atoms with van der Waals surface area (Å²) in [6, 6.07) is 11.3. The first-order valence-corrected chi connectivity index (χ1v) is 14.7. The molecule has 12 heteroatoms. The van der Waals surface area contributed by atoms with E-state index in [1.165, 1.54) is 12.4 Å². The summed E-state index contributed by atoms with van der Waals surface area (Å²) in [6.07, 6.45) is 4.21. The Balaban J connectivity index is 1.40. The second-order valence-corrected chi connectivity index (χ2v) is 10.9. The quantitative estimate of drug-likeness (QED) is 0.286. The lowest BCUT2D eigenvalue weighted by Crippen LogP contribution is -2.46. The van der Waals surface area contributed by atoms with Gasteiger partial charge >= 0.3 is 0 Å². The molecule has 2 aliphatic heterocycles. The minimum atomic E-state index is -0.291. The van der Waals surface area contributed by atoms with Crippen molar-refractivity contribution >= 4 is 57.8 Å². The second kappa shape index (κ2) is 13.6. The van der Waals surface area contributed by atoms with Gasteiger partial charge in [0.15, 0.2) is 5.82 Å². The second-order valence-electron chi connectivity index (χ2n) is 10.1. The number of methoxy groups -OCH3 is 1. The third kappa shape index (κ3) is 6.73. The van der Waals surface area contributed by atoms with Crippen molar-refractivity contribution in [3.05, 3.63) is 71.0 Å². The van der Waals surface area contributed by atoms with Gasteiger partial charge in [0.05, 0.1) is 46.9 Å². The number of carbonyl (C=O) groups excluding carboxylic acids is 1. The van der Waals surface area contributed by atoms with Gasteiger partial charge in [-0.05, 0) is 43.2 Å². The van der Waals surface area contributed by atoms with Crippen LogP contribution in [0.4, 0.5) is 28.7 Å². The van der Waals surface area contributed by atoms with E-state index in [9.17, 15) is 4.79 Å². The van der Waals surface area contributed by atoms with Gasteiger partial charge in [-0.2, -0.15) is 0 Å².